The molecule has 0 aliphatic heterocycles. The first-order chi connectivity index (χ1) is 11.7. The number of nitrogens with one attached hydrogen (secondary N) is 1. The highest BCUT2D eigenvalue weighted by Crippen LogP contribution is 2.24. The summed E-state index contributed by atoms with van der Waals surface area (Å²) in [5.41, 5.74) is 3.14. The number of oxazole rings is 1. The van der Waals surface area contributed by atoms with Gasteiger partial charge in [0, 0.05) is 17.8 Å². The van der Waals surface area contributed by atoms with Crippen molar-refractivity contribution in [1.29, 1.82) is 0 Å². The zero-order valence-corrected chi connectivity index (χ0v) is 13.6. The highest BCUT2D eigenvalue weighted by Gasteiger charge is 2.05. The number of thiazole rings is 1. The predicted molar refractivity (Wildman–Crippen MR) is 96.0 cm³/mol. The van der Waals surface area contributed by atoms with E-state index in [9.17, 15) is 4.79 Å². The van der Waals surface area contributed by atoms with E-state index in [0.717, 1.165) is 26.4 Å². The van der Waals surface area contributed by atoms with Crippen LogP contribution >= 0.6 is 11.3 Å². The number of aromatic nitrogens is 2. The summed E-state index contributed by atoms with van der Waals surface area (Å²) in [7, 11) is 0. The summed E-state index contributed by atoms with van der Waals surface area (Å²) in [6.45, 7) is 1.96. The minimum Gasteiger partial charge on any atom is -0.437 e. The fourth-order valence-corrected chi connectivity index (χ4v) is 3.28. The quantitative estimate of drug-likeness (QED) is 0.564. The van der Waals surface area contributed by atoms with Crippen LogP contribution in [0.4, 0.5) is 5.69 Å². The van der Waals surface area contributed by atoms with E-state index < -0.39 is 0 Å². The maximum atomic E-state index is 12.1. The van der Waals surface area contributed by atoms with E-state index in [1.165, 1.54) is 6.08 Å². The molecule has 4 aromatic rings. The molecule has 118 valence electrons. The van der Waals surface area contributed by atoms with Gasteiger partial charge in [-0.05, 0) is 37.3 Å². The van der Waals surface area contributed by atoms with Gasteiger partial charge in [-0.3, -0.25) is 4.79 Å². The first kappa shape index (κ1) is 14.6. The number of amides is 1. The van der Waals surface area contributed by atoms with Crippen molar-refractivity contribution >= 4 is 50.3 Å². The summed E-state index contributed by atoms with van der Waals surface area (Å²) in [6.07, 6.45) is 2.97. The molecule has 0 saturated carbocycles. The number of anilines is 1. The number of carbonyl (C=O) groups excluding carboxylic acids is 1. The Balaban J connectivity index is 1.50. The third-order valence-corrected chi connectivity index (χ3v) is 4.38. The minimum absolute atomic E-state index is 0.238. The molecule has 0 atom stereocenters. The molecule has 0 unspecified atom stereocenters. The van der Waals surface area contributed by atoms with Crippen LogP contribution in [0.1, 0.15) is 10.9 Å². The van der Waals surface area contributed by atoms with E-state index in [4.69, 9.17) is 4.42 Å². The van der Waals surface area contributed by atoms with E-state index in [0.29, 0.717) is 11.5 Å². The van der Waals surface area contributed by atoms with Crippen LogP contribution in [0.3, 0.4) is 0 Å². The summed E-state index contributed by atoms with van der Waals surface area (Å²) in [5, 5.41) is 3.84. The van der Waals surface area contributed by atoms with Gasteiger partial charge in [0.25, 0.3) is 0 Å². The lowest BCUT2D eigenvalue weighted by atomic mass is 10.3. The van der Waals surface area contributed by atoms with Crippen molar-refractivity contribution in [2.75, 3.05) is 5.32 Å². The smallest absolute Gasteiger partial charge is 0.248 e. The van der Waals surface area contributed by atoms with E-state index in [1.54, 1.807) is 17.4 Å². The Kier molecular flexibility index (Phi) is 3.59. The number of rotatable bonds is 3. The molecule has 4 rings (SSSR count). The minimum atomic E-state index is -0.238. The van der Waals surface area contributed by atoms with Crippen LogP contribution in [0.5, 0.6) is 0 Å². The van der Waals surface area contributed by atoms with Crippen molar-refractivity contribution in [2.24, 2.45) is 0 Å². The first-order valence-corrected chi connectivity index (χ1v) is 8.21. The number of carbonyl (C=O) groups is 1. The van der Waals surface area contributed by atoms with E-state index in [1.807, 2.05) is 49.4 Å². The van der Waals surface area contributed by atoms with Gasteiger partial charge in [0.1, 0.15) is 5.52 Å². The van der Waals surface area contributed by atoms with Crippen LogP contribution in [-0.4, -0.2) is 15.9 Å². The highest BCUT2D eigenvalue weighted by molar-refractivity contribution is 7.18. The second kappa shape index (κ2) is 5.90. The van der Waals surface area contributed by atoms with Crippen LogP contribution < -0.4 is 5.32 Å². The molecule has 0 fully saturated rings. The van der Waals surface area contributed by atoms with E-state index in [-0.39, 0.29) is 5.91 Å². The summed E-state index contributed by atoms with van der Waals surface area (Å²) in [4.78, 5) is 20.8. The molecule has 1 amide bonds. The number of nitrogens with zero attached hydrogens (tertiary/aromatic N) is 2. The zero-order chi connectivity index (χ0) is 16.5. The Bertz CT molecular complexity index is 1050. The molecule has 0 radical (unpaired) electrons. The number of benzene rings is 2. The van der Waals surface area contributed by atoms with Gasteiger partial charge in [-0.25, -0.2) is 9.97 Å². The van der Waals surface area contributed by atoms with Gasteiger partial charge < -0.3 is 9.73 Å². The molecular weight excluding hydrogens is 322 g/mol. The molecular formula is C18H13N3O2S. The molecule has 0 spiro atoms. The Morgan fingerprint density at radius 3 is 2.92 bits per heavy atom. The number of hydrogen-bond donors (Lipinski definition) is 1. The second-order valence-corrected chi connectivity index (χ2v) is 6.49. The van der Waals surface area contributed by atoms with Gasteiger partial charge in [0.2, 0.25) is 11.8 Å². The molecule has 6 heteroatoms. The maximum absolute atomic E-state index is 12.1. The van der Waals surface area contributed by atoms with Crippen LogP contribution in [-0.2, 0) is 4.79 Å². The van der Waals surface area contributed by atoms with Crippen LogP contribution in [0.25, 0.3) is 27.4 Å². The zero-order valence-electron chi connectivity index (χ0n) is 12.8. The molecule has 2 heterocycles. The van der Waals surface area contributed by atoms with Crippen molar-refractivity contribution in [2.45, 2.75) is 6.92 Å². The Hall–Kier alpha value is -2.99. The maximum Gasteiger partial charge on any atom is 0.248 e. The highest BCUT2D eigenvalue weighted by atomic mass is 32.1. The largest absolute Gasteiger partial charge is 0.437 e. The predicted octanol–water partition coefficient (Wildman–Crippen LogP) is 4.40. The Morgan fingerprint density at radius 2 is 2.04 bits per heavy atom. The van der Waals surface area contributed by atoms with Crippen LogP contribution in [0, 0.1) is 6.92 Å². The van der Waals surface area contributed by atoms with Crippen LogP contribution in [0.2, 0.25) is 0 Å². The average molecular weight is 335 g/mol. The number of para-hydroxylation sites is 2. The summed E-state index contributed by atoms with van der Waals surface area (Å²) >= 11 is 1.60. The number of aryl methyl sites for hydroxylation is 1. The molecule has 1 N–H and O–H groups in total. The SMILES string of the molecule is Cc1nc2ccc(NC(=O)/C=C/c3nc4ccccc4o3)cc2s1. The molecule has 0 aliphatic carbocycles. The fraction of sp³-hybridized carbons (Fsp3) is 0.0556. The van der Waals surface area contributed by atoms with Crippen LogP contribution in [0.15, 0.2) is 53.0 Å². The van der Waals surface area contributed by atoms with E-state index in [2.05, 4.69) is 15.3 Å². The topological polar surface area (TPSA) is 68.0 Å². The average Bonchev–Trinajstić information content (AvgIpc) is 3.14. The molecule has 0 aliphatic rings. The van der Waals surface area contributed by atoms with Gasteiger partial charge in [-0.15, -0.1) is 11.3 Å². The normalized spacial score (nSPS) is 11.5. The van der Waals surface area contributed by atoms with Gasteiger partial charge in [0.15, 0.2) is 5.58 Å². The summed E-state index contributed by atoms with van der Waals surface area (Å²) in [6, 6.07) is 13.1. The number of fused-ring (bicyclic) bond motifs is 2. The monoisotopic (exact) mass is 335 g/mol. The van der Waals surface area contributed by atoms with Gasteiger partial charge >= 0.3 is 0 Å². The summed E-state index contributed by atoms with van der Waals surface area (Å²) in [5.74, 6) is 0.165. The Morgan fingerprint density at radius 1 is 1.17 bits per heavy atom. The van der Waals surface area contributed by atoms with Gasteiger partial charge in [-0.1, -0.05) is 12.1 Å². The number of hydrogen-bond acceptors (Lipinski definition) is 5. The second-order valence-electron chi connectivity index (χ2n) is 5.26. The van der Waals surface area contributed by atoms with Gasteiger partial charge in [-0.2, -0.15) is 0 Å². The lowest BCUT2D eigenvalue weighted by Gasteiger charge is -2.01. The molecule has 0 saturated heterocycles. The third kappa shape index (κ3) is 2.91. The first-order valence-electron chi connectivity index (χ1n) is 7.39. The van der Waals surface area contributed by atoms with Crippen molar-refractivity contribution < 1.29 is 9.21 Å². The van der Waals surface area contributed by atoms with Crippen molar-refractivity contribution in [3.63, 3.8) is 0 Å². The lowest BCUT2D eigenvalue weighted by Crippen LogP contribution is -2.07. The van der Waals surface area contributed by atoms with E-state index >= 15 is 0 Å². The fourth-order valence-electron chi connectivity index (χ4n) is 2.41. The molecule has 2 aromatic heterocycles. The third-order valence-electron chi connectivity index (χ3n) is 3.45. The summed E-state index contributed by atoms with van der Waals surface area (Å²) < 4.78 is 6.59. The lowest BCUT2D eigenvalue weighted by molar-refractivity contribution is -0.111. The van der Waals surface area contributed by atoms with Crippen molar-refractivity contribution in [3.8, 4) is 0 Å². The standard InChI is InChI=1S/C18H13N3O2S/c1-11-19-14-7-6-12(10-16(14)24-11)20-17(22)8-9-18-21-13-4-2-3-5-15(13)23-18/h2-10H,1H3,(H,20,22)/b9-8+. The van der Waals surface area contributed by atoms with Crippen molar-refractivity contribution in [3.05, 3.63) is 59.4 Å². The molecule has 5 nitrogen and oxygen atoms in total. The molecule has 24 heavy (non-hydrogen) atoms. The van der Waals surface area contributed by atoms with Crippen molar-refractivity contribution in [1.82, 2.24) is 9.97 Å². The molecule has 2 aromatic carbocycles. The molecule has 0 bridgehead atoms. The van der Waals surface area contributed by atoms with Gasteiger partial charge in [0.05, 0.1) is 15.2 Å². The Labute approximate surface area is 141 Å².